The van der Waals surface area contributed by atoms with E-state index in [1.807, 2.05) is 6.92 Å². The second-order valence-electron chi connectivity index (χ2n) is 6.78. The number of piperidine rings is 1. The van der Waals surface area contributed by atoms with E-state index in [9.17, 15) is 16.8 Å². The van der Waals surface area contributed by atoms with E-state index in [1.54, 1.807) is 54.6 Å². The van der Waals surface area contributed by atoms with Gasteiger partial charge in [0.15, 0.2) is 9.84 Å². The molecule has 1 aliphatic heterocycles. The number of hydrogen-bond acceptors (Lipinski definition) is 4. The highest BCUT2D eigenvalue weighted by Gasteiger charge is 2.32. The molecule has 0 amide bonds. The van der Waals surface area contributed by atoms with Gasteiger partial charge in [-0.05, 0) is 49.9 Å². The van der Waals surface area contributed by atoms with Gasteiger partial charge in [0, 0.05) is 13.1 Å². The van der Waals surface area contributed by atoms with E-state index in [-0.39, 0.29) is 23.1 Å². The molecule has 5 nitrogen and oxygen atoms in total. The van der Waals surface area contributed by atoms with Crippen molar-refractivity contribution in [3.63, 3.8) is 0 Å². The van der Waals surface area contributed by atoms with Crippen LogP contribution in [0.3, 0.4) is 0 Å². The van der Waals surface area contributed by atoms with Gasteiger partial charge in [0.05, 0.1) is 15.5 Å². The zero-order chi connectivity index (χ0) is 18.8. The molecule has 1 fully saturated rings. The van der Waals surface area contributed by atoms with Crippen molar-refractivity contribution in [3.8, 4) is 0 Å². The summed E-state index contributed by atoms with van der Waals surface area (Å²) in [6.45, 7) is 2.57. The first kappa shape index (κ1) is 19.1. The van der Waals surface area contributed by atoms with Crippen LogP contribution in [0.25, 0.3) is 0 Å². The van der Waals surface area contributed by atoms with Crippen molar-refractivity contribution in [3.05, 3.63) is 60.2 Å². The van der Waals surface area contributed by atoms with Gasteiger partial charge in [-0.1, -0.05) is 35.9 Å². The maximum Gasteiger partial charge on any atom is 0.243 e. The lowest BCUT2D eigenvalue weighted by Gasteiger charge is -2.31. The zero-order valence-electron chi connectivity index (χ0n) is 14.7. The predicted molar refractivity (Wildman–Crippen MR) is 101 cm³/mol. The summed E-state index contributed by atoms with van der Waals surface area (Å²) in [5, 5.41) is 0. The Morgan fingerprint density at radius 3 is 2.23 bits per heavy atom. The van der Waals surface area contributed by atoms with E-state index < -0.39 is 19.9 Å². The molecule has 0 aromatic heterocycles. The molecule has 2 aromatic carbocycles. The number of sulfonamides is 1. The molecule has 2 aromatic rings. The highest BCUT2D eigenvalue weighted by atomic mass is 32.2. The minimum Gasteiger partial charge on any atom is -0.224 e. The largest absolute Gasteiger partial charge is 0.243 e. The summed E-state index contributed by atoms with van der Waals surface area (Å²) in [4.78, 5) is 0.549. The second kappa shape index (κ2) is 7.50. The van der Waals surface area contributed by atoms with Crippen molar-refractivity contribution < 1.29 is 16.8 Å². The lowest BCUT2D eigenvalue weighted by Crippen LogP contribution is -2.41. The molecule has 1 aliphatic rings. The summed E-state index contributed by atoms with van der Waals surface area (Å²) in [6, 6.07) is 15.1. The molecule has 0 saturated carbocycles. The molecule has 0 spiro atoms. The lowest BCUT2D eigenvalue weighted by molar-refractivity contribution is 0.282. The number of nitrogens with zero attached hydrogens (tertiary/aromatic N) is 1. The third kappa shape index (κ3) is 4.16. The molecule has 3 rings (SSSR count). The monoisotopic (exact) mass is 393 g/mol. The Hall–Kier alpha value is -1.70. The highest BCUT2D eigenvalue weighted by Crippen LogP contribution is 2.26. The van der Waals surface area contributed by atoms with Crippen LogP contribution in [0.1, 0.15) is 18.4 Å². The van der Waals surface area contributed by atoms with E-state index in [2.05, 4.69) is 0 Å². The van der Waals surface area contributed by atoms with Crippen molar-refractivity contribution in [1.82, 2.24) is 4.31 Å². The van der Waals surface area contributed by atoms with Crippen molar-refractivity contribution in [1.29, 1.82) is 0 Å². The standard InChI is InChI=1S/C19H23NO4S2/c1-16-9-11-19(12-10-16)26(23,24)20-13-5-6-17(14-20)15-25(21,22)18-7-3-2-4-8-18/h2-4,7-12,17H,5-6,13-15H2,1H3. The molecule has 1 saturated heterocycles. The van der Waals surface area contributed by atoms with Crippen molar-refractivity contribution in [2.75, 3.05) is 18.8 Å². The van der Waals surface area contributed by atoms with Gasteiger partial charge < -0.3 is 0 Å². The van der Waals surface area contributed by atoms with Gasteiger partial charge in [0.25, 0.3) is 0 Å². The Labute approximate surface area is 155 Å². The quantitative estimate of drug-likeness (QED) is 0.783. The molecule has 0 N–H and O–H groups in total. The SMILES string of the molecule is Cc1ccc(S(=O)(=O)N2CCCC(CS(=O)(=O)c3ccccc3)C2)cc1. The number of aryl methyl sites for hydroxylation is 1. The summed E-state index contributed by atoms with van der Waals surface area (Å²) in [5.74, 6) is -0.231. The first-order valence-corrected chi connectivity index (χ1v) is 11.7. The molecule has 1 heterocycles. The van der Waals surface area contributed by atoms with Gasteiger partial charge in [0.2, 0.25) is 10.0 Å². The molecule has 1 unspecified atom stereocenters. The van der Waals surface area contributed by atoms with Crippen molar-refractivity contribution in [2.45, 2.75) is 29.6 Å². The normalized spacial score (nSPS) is 19.3. The Morgan fingerprint density at radius 2 is 1.58 bits per heavy atom. The van der Waals surface area contributed by atoms with Crippen LogP contribution in [0.4, 0.5) is 0 Å². The van der Waals surface area contributed by atoms with E-state index in [0.29, 0.717) is 24.3 Å². The number of sulfone groups is 1. The average molecular weight is 394 g/mol. The Morgan fingerprint density at radius 1 is 0.923 bits per heavy atom. The smallest absolute Gasteiger partial charge is 0.224 e. The summed E-state index contributed by atoms with van der Waals surface area (Å²) >= 11 is 0. The summed E-state index contributed by atoms with van der Waals surface area (Å²) in [5.41, 5.74) is 0.995. The van der Waals surface area contributed by atoms with Gasteiger partial charge in [-0.2, -0.15) is 4.31 Å². The number of benzene rings is 2. The van der Waals surface area contributed by atoms with E-state index in [1.165, 1.54) is 4.31 Å². The maximum absolute atomic E-state index is 12.9. The molecule has 0 radical (unpaired) electrons. The fourth-order valence-electron chi connectivity index (χ4n) is 3.27. The molecule has 1 atom stereocenters. The highest BCUT2D eigenvalue weighted by molar-refractivity contribution is 7.91. The number of rotatable bonds is 5. The van der Waals surface area contributed by atoms with Gasteiger partial charge >= 0.3 is 0 Å². The summed E-state index contributed by atoms with van der Waals surface area (Å²) in [6.07, 6.45) is 1.38. The van der Waals surface area contributed by atoms with Crippen LogP contribution in [0.15, 0.2) is 64.4 Å². The minimum atomic E-state index is -3.59. The van der Waals surface area contributed by atoms with Crippen LogP contribution in [0.2, 0.25) is 0 Å². The Kier molecular flexibility index (Phi) is 5.50. The first-order chi connectivity index (χ1) is 12.3. The third-order valence-electron chi connectivity index (χ3n) is 4.70. The Balaban J connectivity index is 1.76. The van der Waals surface area contributed by atoms with E-state index >= 15 is 0 Å². The number of hydrogen-bond donors (Lipinski definition) is 0. The fourth-order valence-corrected chi connectivity index (χ4v) is 6.49. The molecular formula is C19H23NO4S2. The van der Waals surface area contributed by atoms with Crippen molar-refractivity contribution >= 4 is 19.9 Å². The molecule has 26 heavy (non-hydrogen) atoms. The van der Waals surface area contributed by atoms with E-state index in [4.69, 9.17) is 0 Å². The third-order valence-corrected chi connectivity index (χ3v) is 8.48. The van der Waals surface area contributed by atoms with Crippen LogP contribution in [0.5, 0.6) is 0 Å². The van der Waals surface area contributed by atoms with Crippen LogP contribution < -0.4 is 0 Å². The zero-order valence-corrected chi connectivity index (χ0v) is 16.3. The Bertz CT molecular complexity index is 952. The topological polar surface area (TPSA) is 71.5 Å². The van der Waals surface area contributed by atoms with Gasteiger partial charge in [-0.15, -0.1) is 0 Å². The molecule has 0 aliphatic carbocycles. The molecular weight excluding hydrogens is 370 g/mol. The van der Waals surface area contributed by atoms with Gasteiger partial charge in [-0.25, -0.2) is 16.8 Å². The maximum atomic E-state index is 12.9. The first-order valence-electron chi connectivity index (χ1n) is 8.64. The van der Waals surface area contributed by atoms with Gasteiger partial charge in [0.1, 0.15) is 0 Å². The van der Waals surface area contributed by atoms with Gasteiger partial charge in [-0.3, -0.25) is 0 Å². The van der Waals surface area contributed by atoms with Crippen LogP contribution in [0, 0.1) is 12.8 Å². The van der Waals surface area contributed by atoms with Crippen LogP contribution >= 0.6 is 0 Å². The fraction of sp³-hybridized carbons (Fsp3) is 0.368. The summed E-state index contributed by atoms with van der Waals surface area (Å²) < 4.78 is 52.3. The minimum absolute atomic E-state index is 0.0308. The second-order valence-corrected chi connectivity index (χ2v) is 10.8. The predicted octanol–water partition coefficient (Wildman–Crippen LogP) is 2.87. The summed E-state index contributed by atoms with van der Waals surface area (Å²) in [7, 11) is -7.01. The molecule has 0 bridgehead atoms. The molecule has 140 valence electrons. The van der Waals surface area contributed by atoms with Crippen molar-refractivity contribution in [2.24, 2.45) is 5.92 Å². The average Bonchev–Trinajstić information content (AvgIpc) is 2.63. The molecule has 7 heteroatoms. The van der Waals surface area contributed by atoms with Crippen LogP contribution in [-0.2, 0) is 19.9 Å². The lowest BCUT2D eigenvalue weighted by atomic mass is 10.0. The van der Waals surface area contributed by atoms with E-state index in [0.717, 1.165) is 5.56 Å². The van der Waals surface area contributed by atoms with Crippen LogP contribution in [-0.4, -0.2) is 40.0 Å².